The lowest BCUT2D eigenvalue weighted by Gasteiger charge is -2.09. The van der Waals surface area contributed by atoms with E-state index in [4.69, 9.17) is 4.74 Å². The zero-order chi connectivity index (χ0) is 21.4. The highest BCUT2D eigenvalue weighted by Crippen LogP contribution is 2.18. The molecule has 1 aromatic carbocycles. The zero-order valence-electron chi connectivity index (χ0n) is 18.0. The molecule has 1 aromatic heterocycles. The van der Waals surface area contributed by atoms with E-state index in [0.29, 0.717) is 36.7 Å². The van der Waals surface area contributed by atoms with Gasteiger partial charge in [0.15, 0.2) is 6.61 Å². The lowest BCUT2D eigenvalue weighted by atomic mass is 10.1. The van der Waals surface area contributed by atoms with Crippen LogP contribution in [0.4, 0.5) is 5.69 Å². The number of benzene rings is 1. The van der Waals surface area contributed by atoms with Gasteiger partial charge in [0.1, 0.15) is 5.75 Å². The second kappa shape index (κ2) is 10.6. The van der Waals surface area contributed by atoms with Crippen molar-refractivity contribution in [3.63, 3.8) is 0 Å². The first-order valence-electron chi connectivity index (χ1n) is 10.1. The molecule has 0 saturated carbocycles. The minimum atomic E-state index is -0.160. The second-order valence-corrected chi connectivity index (χ2v) is 7.54. The van der Waals surface area contributed by atoms with Crippen LogP contribution in [-0.4, -0.2) is 34.7 Å². The van der Waals surface area contributed by atoms with E-state index >= 15 is 0 Å². The van der Waals surface area contributed by atoms with Crippen LogP contribution in [-0.2, 0) is 22.6 Å². The summed E-state index contributed by atoms with van der Waals surface area (Å²) in [5, 5.41) is 10.2. The van der Waals surface area contributed by atoms with Gasteiger partial charge in [-0.3, -0.25) is 14.3 Å². The van der Waals surface area contributed by atoms with Crippen LogP contribution in [0.15, 0.2) is 24.3 Å². The largest absolute Gasteiger partial charge is 0.484 e. The number of hydrogen-bond donors (Lipinski definition) is 2. The Morgan fingerprint density at radius 3 is 2.45 bits per heavy atom. The number of aromatic nitrogens is 2. The number of hydrogen-bond acceptors (Lipinski definition) is 4. The molecule has 0 unspecified atom stereocenters. The number of anilines is 1. The highest BCUT2D eigenvalue weighted by atomic mass is 16.5. The van der Waals surface area contributed by atoms with Crippen molar-refractivity contribution in [2.45, 2.75) is 54.0 Å². The summed E-state index contributed by atoms with van der Waals surface area (Å²) in [6.45, 7) is 11.7. The summed E-state index contributed by atoms with van der Waals surface area (Å²) in [6.07, 6.45) is 1.06. The summed E-state index contributed by atoms with van der Waals surface area (Å²) in [6, 6.07) is 7.00. The van der Waals surface area contributed by atoms with Crippen LogP contribution in [0.1, 0.15) is 44.1 Å². The van der Waals surface area contributed by atoms with E-state index in [1.54, 1.807) is 24.3 Å². The monoisotopic (exact) mass is 400 g/mol. The number of aryl methyl sites for hydroxylation is 1. The molecular formula is C22H32N4O3. The molecule has 2 amide bonds. The molecule has 0 atom stereocenters. The molecule has 29 heavy (non-hydrogen) atoms. The van der Waals surface area contributed by atoms with E-state index in [1.807, 2.05) is 18.5 Å². The highest BCUT2D eigenvalue weighted by molar-refractivity contribution is 5.90. The van der Waals surface area contributed by atoms with E-state index in [2.05, 4.69) is 36.5 Å². The Morgan fingerprint density at radius 1 is 1.14 bits per heavy atom. The molecule has 2 N–H and O–H groups in total. The predicted octanol–water partition coefficient (Wildman–Crippen LogP) is 3.24. The Balaban J connectivity index is 1.85. The summed E-state index contributed by atoms with van der Waals surface area (Å²) in [4.78, 5) is 23.8. The summed E-state index contributed by atoms with van der Waals surface area (Å²) >= 11 is 0. The quantitative estimate of drug-likeness (QED) is 0.641. The number of likely N-dealkylation sites (N-methyl/N-ethyl adjacent to an activating group) is 1. The first-order valence-corrected chi connectivity index (χ1v) is 10.1. The molecule has 1 heterocycles. The summed E-state index contributed by atoms with van der Waals surface area (Å²) in [5.74, 6) is 0.902. The molecule has 0 aliphatic rings. The highest BCUT2D eigenvalue weighted by Gasteiger charge is 2.14. The molecule has 7 nitrogen and oxygen atoms in total. The van der Waals surface area contributed by atoms with Gasteiger partial charge < -0.3 is 15.4 Å². The van der Waals surface area contributed by atoms with Gasteiger partial charge >= 0.3 is 0 Å². The molecule has 0 aliphatic carbocycles. The topological polar surface area (TPSA) is 85.2 Å². The Bertz CT molecular complexity index is 825. The van der Waals surface area contributed by atoms with E-state index in [0.717, 1.165) is 23.5 Å². The van der Waals surface area contributed by atoms with Crippen molar-refractivity contribution in [2.24, 2.45) is 5.92 Å². The normalized spacial score (nSPS) is 10.8. The third-order valence-electron chi connectivity index (χ3n) is 4.55. The number of rotatable bonds is 10. The SMILES string of the molecule is CCNC(=O)COc1ccc(NC(=O)CCc2c(C)nn(CC(C)C)c2C)cc1. The second-order valence-electron chi connectivity index (χ2n) is 7.54. The van der Waals surface area contributed by atoms with Gasteiger partial charge in [0, 0.05) is 30.9 Å². The molecule has 158 valence electrons. The van der Waals surface area contributed by atoms with Gasteiger partial charge in [0.05, 0.1) is 5.69 Å². The van der Waals surface area contributed by atoms with Crippen LogP contribution in [0.2, 0.25) is 0 Å². The molecule has 0 radical (unpaired) electrons. The number of nitrogens with one attached hydrogen (secondary N) is 2. The van der Waals surface area contributed by atoms with Crippen LogP contribution in [0.25, 0.3) is 0 Å². The summed E-state index contributed by atoms with van der Waals surface area (Å²) in [7, 11) is 0. The third kappa shape index (κ3) is 6.93. The molecule has 0 fully saturated rings. The number of amides is 2. The van der Waals surface area contributed by atoms with Gasteiger partial charge in [-0.05, 0) is 62.9 Å². The average Bonchev–Trinajstić information content (AvgIpc) is 2.92. The summed E-state index contributed by atoms with van der Waals surface area (Å²) in [5.41, 5.74) is 3.97. The smallest absolute Gasteiger partial charge is 0.257 e. The minimum Gasteiger partial charge on any atom is -0.484 e. The van der Waals surface area contributed by atoms with Crippen molar-refractivity contribution in [2.75, 3.05) is 18.5 Å². The van der Waals surface area contributed by atoms with Gasteiger partial charge in [-0.15, -0.1) is 0 Å². The van der Waals surface area contributed by atoms with Gasteiger partial charge in [-0.1, -0.05) is 13.8 Å². The third-order valence-corrected chi connectivity index (χ3v) is 4.55. The van der Waals surface area contributed by atoms with Gasteiger partial charge in [-0.25, -0.2) is 0 Å². The standard InChI is InChI=1S/C22H32N4O3/c1-6-23-22(28)14-29-19-9-7-18(8-10-19)24-21(27)12-11-20-16(4)25-26(17(20)5)13-15(2)3/h7-10,15H,6,11-14H2,1-5H3,(H,23,28)(H,24,27). The number of carbonyl (C=O) groups excluding carboxylic acids is 2. The maximum Gasteiger partial charge on any atom is 0.257 e. The van der Waals surface area contributed by atoms with Crippen LogP contribution >= 0.6 is 0 Å². The Kier molecular flexibility index (Phi) is 8.24. The fourth-order valence-electron chi connectivity index (χ4n) is 3.11. The van der Waals surface area contributed by atoms with Gasteiger partial charge in [-0.2, -0.15) is 5.10 Å². The van der Waals surface area contributed by atoms with E-state index in [9.17, 15) is 9.59 Å². The van der Waals surface area contributed by atoms with Crippen LogP contribution in [0, 0.1) is 19.8 Å². The summed E-state index contributed by atoms with van der Waals surface area (Å²) < 4.78 is 7.44. The molecule has 7 heteroatoms. The van der Waals surface area contributed by atoms with Crippen molar-refractivity contribution >= 4 is 17.5 Å². The Morgan fingerprint density at radius 2 is 1.83 bits per heavy atom. The van der Waals surface area contributed by atoms with Crippen molar-refractivity contribution < 1.29 is 14.3 Å². The Labute approximate surface area is 172 Å². The first-order chi connectivity index (χ1) is 13.8. The van der Waals surface area contributed by atoms with Crippen molar-refractivity contribution in [3.05, 3.63) is 41.2 Å². The van der Waals surface area contributed by atoms with Crippen LogP contribution in [0.3, 0.4) is 0 Å². The van der Waals surface area contributed by atoms with Gasteiger partial charge in [0.2, 0.25) is 5.91 Å². The number of carbonyl (C=O) groups is 2. The molecular weight excluding hydrogens is 368 g/mol. The van der Waals surface area contributed by atoms with Crippen LogP contribution in [0.5, 0.6) is 5.75 Å². The molecule has 0 bridgehead atoms. The van der Waals surface area contributed by atoms with Crippen molar-refractivity contribution in [3.8, 4) is 5.75 Å². The van der Waals surface area contributed by atoms with Crippen molar-refractivity contribution in [1.82, 2.24) is 15.1 Å². The van der Waals surface area contributed by atoms with Gasteiger partial charge in [0.25, 0.3) is 5.91 Å². The number of nitrogens with zero attached hydrogens (tertiary/aromatic N) is 2. The zero-order valence-corrected chi connectivity index (χ0v) is 18.0. The maximum atomic E-state index is 12.3. The lowest BCUT2D eigenvalue weighted by Crippen LogP contribution is -2.28. The average molecular weight is 401 g/mol. The van der Waals surface area contributed by atoms with E-state index in [1.165, 1.54) is 0 Å². The van der Waals surface area contributed by atoms with Crippen LogP contribution < -0.4 is 15.4 Å². The maximum absolute atomic E-state index is 12.3. The molecule has 0 spiro atoms. The fourth-order valence-corrected chi connectivity index (χ4v) is 3.11. The molecule has 0 saturated heterocycles. The first kappa shape index (κ1) is 22.5. The molecule has 2 rings (SSSR count). The van der Waals surface area contributed by atoms with E-state index in [-0.39, 0.29) is 18.4 Å². The minimum absolute atomic E-state index is 0.0251. The van der Waals surface area contributed by atoms with Crippen molar-refractivity contribution in [1.29, 1.82) is 0 Å². The number of ether oxygens (including phenoxy) is 1. The molecule has 0 aliphatic heterocycles. The Hall–Kier alpha value is -2.83. The molecule has 2 aromatic rings. The predicted molar refractivity (Wildman–Crippen MR) is 114 cm³/mol. The lowest BCUT2D eigenvalue weighted by molar-refractivity contribution is -0.123. The fraction of sp³-hybridized carbons (Fsp3) is 0.500. The van der Waals surface area contributed by atoms with E-state index < -0.39 is 0 Å².